The molecule has 0 radical (unpaired) electrons. The summed E-state index contributed by atoms with van der Waals surface area (Å²) in [5.74, 6) is 0.386. The monoisotopic (exact) mass is 255 g/mol. The van der Waals surface area contributed by atoms with Crippen LogP contribution in [0.2, 0.25) is 0 Å². The van der Waals surface area contributed by atoms with Crippen molar-refractivity contribution in [2.45, 2.75) is 31.1 Å². The molecule has 0 spiro atoms. The Hall–Kier alpha value is -1.03. The van der Waals surface area contributed by atoms with Crippen LogP contribution in [-0.4, -0.2) is 39.1 Å². The number of amides is 1. The van der Waals surface area contributed by atoms with Crippen molar-refractivity contribution in [3.8, 4) is 0 Å². The van der Waals surface area contributed by atoms with Crippen LogP contribution in [0.5, 0.6) is 0 Å². The quantitative estimate of drug-likeness (QED) is 0.756. The summed E-state index contributed by atoms with van der Waals surface area (Å²) in [7, 11) is 1.91. The van der Waals surface area contributed by atoms with Gasteiger partial charge in [-0.1, -0.05) is 0 Å². The molecule has 1 aromatic rings. The van der Waals surface area contributed by atoms with Gasteiger partial charge in [0, 0.05) is 32.3 Å². The zero-order valence-electron chi connectivity index (χ0n) is 10.3. The highest BCUT2D eigenvalue weighted by molar-refractivity contribution is 6.30. The topological polar surface area (TPSA) is 38.1 Å². The Balaban J connectivity index is 2.04. The minimum absolute atomic E-state index is 0.0345. The SMILES string of the molecule is C[C@H](Cl)C(=O)N1CCC[C@@H](c2ccn(C)n2)C1. The Kier molecular flexibility index (Phi) is 3.72. The third-order valence-corrected chi connectivity index (χ3v) is 3.41. The van der Waals surface area contributed by atoms with Crippen molar-refractivity contribution in [3.63, 3.8) is 0 Å². The van der Waals surface area contributed by atoms with E-state index in [1.165, 1.54) is 0 Å². The van der Waals surface area contributed by atoms with Gasteiger partial charge in [0.15, 0.2) is 0 Å². The Bertz CT molecular complexity index is 402. The highest BCUT2D eigenvalue weighted by Crippen LogP contribution is 2.26. The van der Waals surface area contributed by atoms with E-state index in [0.717, 1.165) is 31.6 Å². The number of likely N-dealkylation sites (tertiary alicyclic amines) is 1. The largest absolute Gasteiger partial charge is 0.341 e. The number of halogens is 1. The lowest BCUT2D eigenvalue weighted by atomic mass is 9.95. The molecule has 2 rings (SSSR count). The fourth-order valence-electron chi connectivity index (χ4n) is 2.32. The van der Waals surface area contributed by atoms with Gasteiger partial charge < -0.3 is 4.90 Å². The lowest BCUT2D eigenvalue weighted by Crippen LogP contribution is -2.42. The maximum absolute atomic E-state index is 11.8. The molecule has 1 amide bonds. The molecule has 2 atom stereocenters. The van der Waals surface area contributed by atoms with Gasteiger partial charge in [-0.25, -0.2) is 0 Å². The van der Waals surface area contributed by atoms with E-state index in [1.807, 2.05) is 24.2 Å². The number of carbonyl (C=O) groups excluding carboxylic acids is 1. The van der Waals surface area contributed by atoms with Crippen molar-refractivity contribution in [2.75, 3.05) is 13.1 Å². The van der Waals surface area contributed by atoms with E-state index >= 15 is 0 Å². The molecule has 0 N–H and O–H groups in total. The Morgan fingerprint density at radius 2 is 2.41 bits per heavy atom. The van der Waals surface area contributed by atoms with E-state index in [-0.39, 0.29) is 5.91 Å². The Labute approximate surface area is 107 Å². The van der Waals surface area contributed by atoms with Crippen LogP contribution in [0.3, 0.4) is 0 Å². The molecular weight excluding hydrogens is 238 g/mol. The number of nitrogens with zero attached hydrogens (tertiary/aromatic N) is 3. The third-order valence-electron chi connectivity index (χ3n) is 3.23. The second-order valence-electron chi connectivity index (χ2n) is 4.65. The fraction of sp³-hybridized carbons (Fsp3) is 0.667. The first-order chi connectivity index (χ1) is 8.08. The van der Waals surface area contributed by atoms with Gasteiger partial charge in [-0.15, -0.1) is 11.6 Å². The number of hydrogen-bond acceptors (Lipinski definition) is 2. The van der Waals surface area contributed by atoms with E-state index in [0.29, 0.717) is 5.92 Å². The third kappa shape index (κ3) is 2.80. The molecule has 1 saturated heterocycles. The second-order valence-corrected chi connectivity index (χ2v) is 5.31. The van der Waals surface area contributed by atoms with E-state index < -0.39 is 5.38 Å². The van der Waals surface area contributed by atoms with Crippen molar-refractivity contribution in [2.24, 2.45) is 7.05 Å². The molecule has 0 unspecified atom stereocenters. The van der Waals surface area contributed by atoms with Crippen LogP contribution in [0.15, 0.2) is 12.3 Å². The Morgan fingerprint density at radius 1 is 1.65 bits per heavy atom. The van der Waals surface area contributed by atoms with Crippen molar-refractivity contribution >= 4 is 17.5 Å². The van der Waals surface area contributed by atoms with Crippen molar-refractivity contribution < 1.29 is 4.79 Å². The first-order valence-electron chi connectivity index (χ1n) is 6.00. The second kappa shape index (κ2) is 5.08. The molecular formula is C12H18ClN3O. The molecule has 1 aromatic heterocycles. The first-order valence-corrected chi connectivity index (χ1v) is 6.44. The van der Waals surface area contributed by atoms with Crippen molar-refractivity contribution in [1.29, 1.82) is 0 Å². The van der Waals surface area contributed by atoms with E-state index in [4.69, 9.17) is 11.6 Å². The lowest BCUT2D eigenvalue weighted by molar-refractivity contribution is -0.131. The van der Waals surface area contributed by atoms with Crippen LogP contribution in [0.4, 0.5) is 0 Å². The summed E-state index contributed by atoms with van der Waals surface area (Å²) in [6, 6.07) is 2.03. The normalized spacial score (nSPS) is 22.5. The number of aryl methyl sites for hydroxylation is 1. The summed E-state index contributed by atoms with van der Waals surface area (Å²) < 4.78 is 1.81. The zero-order chi connectivity index (χ0) is 12.4. The number of aromatic nitrogens is 2. The predicted molar refractivity (Wildman–Crippen MR) is 67.1 cm³/mol. The number of alkyl halides is 1. The standard InChI is InChI=1S/C12H18ClN3O/c1-9(13)12(17)16-6-3-4-10(8-16)11-5-7-15(2)14-11/h5,7,9-10H,3-4,6,8H2,1-2H3/t9-,10+/m0/s1. The van der Waals surface area contributed by atoms with Crippen LogP contribution in [-0.2, 0) is 11.8 Å². The van der Waals surface area contributed by atoms with Crippen LogP contribution in [0.25, 0.3) is 0 Å². The maximum Gasteiger partial charge on any atom is 0.240 e. The molecule has 2 heterocycles. The summed E-state index contributed by atoms with van der Waals surface area (Å²) in [4.78, 5) is 13.7. The molecule has 94 valence electrons. The van der Waals surface area contributed by atoms with Gasteiger partial charge >= 0.3 is 0 Å². The molecule has 17 heavy (non-hydrogen) atoms. The molecule has 0 aliphatic carbocycles. The highest BCUT2D eigenvalue weighted by atomic mass is 35.5. The number of rotatable bonds is 2. The smallest absolute Gasteiger partial charge is 0.240 e. The molecule has 5 heteroatoms. The molecule has 0 saturated carbocycles. The van der Waals surface area contributed by atoms with Crippen LogP contribution in [0, 0.1) is 0 Å². The van der Waals surface area contributed by atoms with Gasteiger partial charge in [-0.3, -0.25) is 9.48 Å². The first kappa shape index (κ1) is 12.4. The van der Waals surface area contributed by atoms with Crippen LogP contribution >= 0.6 is 11.6 Å². The molecule has 1 aliphatic rings. The minimum Gasteiger partial charge on any atom is -0.341 e. The van der Waals surface area contributed by atoms with E-state index in [1.54, 1.807) is 11.6 Å². The summed E-state index contributed by atoms with van der Waals surface area (Å²) >= 11 is 5.85. The zero-order valence-corrected chi connectivity index (χ0v) is 11.0. The average Bonchev–Trinajstić information content (AvgIpc) is 2.75. The van der Waals surface area contributed by atoms with Gasteiger partial charge in [0.1, 0.15) is 5.38 Å². The van der Waals surface area contributed by atoms with E-state index in [2.05, 4.69) is 5.10 Å². The summed E-state index contributed by atoms with van der Waals surface area (Å²) in [5, 5.41) is 3.99. The molecule has 0 bridgehead atoms. The lowest BCUT2D eigenvalue weighted by Gasteiger charge is -2.32. The number of carbonyl (C=O) groups is 1. The van der Waals surface area contributed by atoms with Gasteiger partial charge in [-0.2, -0.15) is 5.10 Å². The van der Waals surface area contributed by atoms with Gasteiger partial charge in [0.05, 0.1) is 5.69 Å². The Morgan fingerprint density at radius 3 is 3.00 bits per heavy atom. The molecule has 4 nitrogen and oxygen atoms in total. The molecule has 0 aromatic carbocycles. The predicted octanol–water partition coefficient (Wildman–Crippen LogP) is 1.75. The van der Waals surface area contributed by atoms with Crippen LogP contribution < -0.4 is 0 Å². The van der Waals surface area contributed by atoms with Gasteiger partial charge in [0.25, 0.3) is 0 Å². The highest BCUT2D eigenvalue weighted by Gasteiger charge is 2.27. The van der Waals surface area contributed by atoms with Crippen molar-refractivity contribution in [1.82, 2.24) is 14.7 Å². The number of hydrogen-bond donors (Lipinski definition) is 0. The fourth-order valence-corrected chi connectivity index (χ4v) is 2.46. The minimum atomic E-state index is -0.433. The number of piperidine rings is 1. The molecule has 1 aliphatic heterocycles. The molecule has 1 fully saturated rings. The summed E-state index contributed by atoms with van der Waals surface area (Å²) in [6.45, 7) is 3.29. The van der Waals surface area contributed by atoms with Crippen LogP contribution in [0.1, 0.15) is 31.4 Å². The van der Waals surface area contributed by atoms with Gasteiger partial charge in [0.2, 0.25) is 5.91 Å². The van der Waals surface area contributed by atoms with Crippen molar-refractivity contribution in [3.05, 3.63) is 18.0 Å². The van der Waals surface area contributed by atoms with E-state index in [9.17, 15) is 4.79 Å². The summed E-state index contributed by atoms with van der Waals surface area (Å²) in [6.07, 6.45) is 4.06. The summed E-state index contributed by atoms with van der Waals surface area (Å²) in [5.41, 5.74) is 1.08. The average molecular weight is 256 g/mol. The maximum atomic E-state index is 11.8. The van der Waals surface area contributed by atoms with Gasteiger partial charge in [-0.05, 0) is 25.8 Å².